The maximum atomic E-state index is 13.3. The highest BCUT2D eigenvalue weighted by Gasteiger charge is 2.23. The average Bonchev–Trinajstić information content (AvgIpc) is 2.88. The minimum atomic E-state index is -3.95. The van der Waals surface area contributed by atoms with Gasteiger partial charge in [0, 0.05) is 31.0 Å². The lowest BCUT2D eigenvalue weighted by Gasteiger charge is -2.21. The number of anilines is 1. The van der Waals surface area contributed by atoms with Gasteiger partial charge >= 0.3 is 0 Å². The van der Waals surface area contributed by atoms with E-state index < -0.39 is 10.0 Å². The highest BCUT2D eigenvalue weighted by Crippen LogP contribution is 2.29. The summed E-state index contributed by atoms with van der Waals surface area (Å²) in [6, 6.07) is 13.7. The predicted octanol–water partition coefficient (Wildman–Crippen LogP) is 3.43. The first-order valence-corrected chi connectivity index (χ1v) is 12.5. The van der Waals surface area contributed by atoms with Crippen LogP contribution in [0.3, 0.4) is 0 Å². The van der Waals surface area contributed by atoms with E-state index in [0.717, 1.165) is 5.56 Å². The van der Waals surface area contributed by atoms with E-state index in [2.05, 4.69) is 15.0 Å². The third-order valence-electron chi connectivity index (χ3n) is 5.47. The maximum Gasteiger partial charge on any atom is 0.244 e. The fraction of sp³-hybridized carbons (Fsp3) is 0.320. The molecule has 9 nitrogen and oxygen atoms in total. The molecular weight excluding hydrogens is 470 g/mol. The van der Waals surface area contributed by atoms with Gasteiger partial charge in [-0.1, -0.05) is 18.2 Å². The lowest BCUT2D eigenvalue weighted by molar-refractivity contribution is 0.280. The van der Waals surface area contributed by atoms with Crippen LogP contribution < -0.4 is 24.2 Å². The van der Waals surface area contributed by atoms with Gasteiger partial charge in [-0.2, -0.15) is 0 Å². The topological polar surface area (TPSA) is 119 Å². The molecule has 0 aliphatic rings. The molecule has 2 aromatic carbocycles. The third-order valence-corrected chi connectivity index (χ3v) is 6.89. The van der Waals surface area contributed by atoms with Crippen molar-refractivity contribution in [2.75, 3.05) is 33.3 Å². The molecule has 0 spiro atoms. The van der Waals surface area contributed by atoms with E-state index >= 15 is 0 Å². The van der Waals surface area contributed by atoms with Crippen molar-refractivity contribution in [3.8, 4) is 17.2 Å². The normalized spacial score (nSPS) is 12.1. The van der Waals surface area contributed by atoms with Crippen LogP contribution in [-0.2, 0) is 16.6 Å². The van der Waals surface area contributed by atoms with Gasteiger partial charge in [0.1, 0.15) is 28.0 Å². The zero-order valence-electron chi connectivity index (χ0n) is 20.2. The summed E-state index contributed by atoms with van der Waals surface area (Å²) in [6.45, 7) is 1.70. The first-order chi connectivity index (χ1) is 16.8. The number of aryl methyl sites for hydroxylation is 1. The smallest absolute Gasteiger partial charge is 0.244 e. The Kier molecular flexibility index (Phi) is 8.91. The highest BCUT2D eigenvalue weighted by molar-refractivity contribution is 7.89. The molecule has 0 aliphatic heterocycles. The fourth-order valence-electron chi connectivity index (χ4n) is 3.56. The summed E-state index contributed by atoms with van der Waals surface area (Å²) in [5, 5.41) is 12.8. The lowest BCUT2D eigenvalue weighted by atomic mass is 10.0. The highest BCUT2D eigenvalue weighted by atomic mass is 32.2. The molecule has 0 saturated heterocycles. The molecule has 35 heavy (non-hydrogen) atoms. The SMILES string of the molecule is COc1ccc(C(CCO)Nc2ncc(C)cc2S(=O)(=O)NCc2ccc(OC)cc2OC)cc1. The van der Waals surface area contributed by atoms with E-state index in [-0.39, 0.29) is 29.9 Å². The molecule has 0 radical (unpaired) electrons. The Morgan fingerprint density at radius 1 is 0.971 bits per heavy atom. The summed E-state index contributed by atoms with van der Waals surface area (Å²) < 4.78 is 45.1. The predicted molar refractivity (Wildman–Crippen MR) is 134 cm³/mol. The number of nitrogens with one attached hydrogen (secondary N) is 2. The van der Waals surface area contributed by atoms with E-state index in [1.54, 1.807) is 51.6 Å². The van der Waals surface area contributed by atoms with Gasteiger partial charge in [0.2, 0.25) is 10.0 Å². The number of pyridine rings is 1. The van der Waals surface area contributed by atoms with E-state index in [9.17, 15) is 13.5 Å². The molecule has 3 rings (SSSR count). The van der Waals surface area contributed by atoms with Gasteiger partial charge in [0.15, 0.2) is 0 Å². The number of aromatic nitrogens is 1. The number of benzene rings is 2. The number of sulfonamides is 1. The number of aliphatic hydroxyl groups is 1. The number of hydrogen-bond acceptors (Lipinski definition) is 8. The zero-order valence-corrected chi connectivity index (χ0v) is 21.1. The monoisotopic (exact) mass is 501 g/mol. The van der Waals surface area contributed by atoms with Crippen LogP contribution in [0.2, 0.25) is 0 Å². The largest absolute Gasteiger partial charge is 0.497 e. The van der Waals surface area contributed by atoms with Gasteiger partial charge in [0.25, 0.3) is 0 Å². The Hall–Kier alpha value is -3.34. The second kappa shape index (κ2) is 11.9. The van der Waals surface area contributed by atoms with E-state index in [1.165, 1.54) is 7.11 Å². The van der Waals surface area contributed by atoms with Gasteiger partial charge in [-0.15, -0.1) is 0 Å². The molecule has 3 N–H and O–H groups in total. The van der Waals surface area contributed by atoms with Crippen LogP contribution in [0.25, 0.3) is 0 Å². The van der Waals surface area contributed by atoms with E-state index in [0.29, 0.717) is 34.8 Å². The summed E-state index contributed by atoms with van der Waals surface area (Å²) in [6.07, 6.45) is 1.95. The minimum absolute atomic E-state index is 0.0152. The van der Waals surface area contributed by atoms with Crippen LogP contribution in [0.1, 0.15) is 29.2 Å². The van der Waals surface area contributed by atoms with Crippen LogP contribution >= 0.6 is 0 Å². The molecule has 0 saturated carbocycles. The minimum Gasteiger partial charge on any atom is -0.497 e. The van der Waals surface area contributed by atoms with E-state index in [1.807, 2.05) is 24.3 Å². The Bertz CT molecular complexity index is 1230. The quantitative estimate of drug-likeness (QED) is 0.345. The molecule has 1 aromatic heterocycles. The van der Waals surface area contributed by atoms with Gasteiger partial charge < -0.3 is 24.6 Å². The molecule has 188 valence electrons. The Morgan fingerprint density at radius 2 is 1.66 bits per heavy atom. The number of nitrogens with zero attached hydrogens (tertiary/aromatic N) is 1. The molecule has 0 amide bonds. The van der Waals surface area contributed by atoms with Gasteiger partial charge in [0.05, 0.1) is 27.4 Å². The summed E-state index contributed by atoms with van der Waals surface area (Å²) in [7, 11) is 0.695. The number of methoxy groups -OCH3 is 3. The molecule has 1 unspecified atom stereocenters. The van der Waals surface area contributed by atoms with Crippen molar-refractivity contribution in [3.05, 3.63) is 71.4 Å². The van der Waals surface area contributed by atoms with Gasteiger partial charge in [-0.25, -0.2) is 18.1 Å². The van der Waals surface area contributed by atoms with Gasteiger partial charge in [-0.3, -0.25) is 0 Å². The molecule has 10 heteroatoms. The van der Waals surface area contributed by atoms with Crippen LogP contribution in [-0.4, -0.2) is 46.4 Å². The third kappa shape index (κ3) is 6.62. The molecule has 0 bridgehead atoms. The second-order valence-electron chi connectivity index (χ2n) is 7.84. The molecular formula is C25H31N3O6S. The molecule has 1 heterocycles. The van der Waals surface area contributed by atoms with Crippen LogP contribution in [0.5, 0.6) is 17.2 Å². The number of ether oxygens (including phenoxy) is 3. The first-order valence-electron chi connectivity index (χ1n) is 11.0. The first kappa shape index (κ1) is 26.3. The van der Waals surface area contributed by atoms with Crippen LogP contribution in [0, 0.1) is 6.92 Å². The molecule has 0 fully saturated rings. The van der Waals surface area contributed by atoms with Crippen molar-refractivity contribution in [1.82, 2.24) is 9.71 Å². The summed E-state index contributed by atoms with van der Waals surface area (Å²) in [5.41, 5.74) is 2.21. The molecule has 3 aromatic rings. The van der Waals surface area contributed by atoms with E-state index in [4.69, 9.17) is 14.2 Å². The number of rotatable bonds is 12. The standard InChI is InChI=1S/C25H31N3O6S/c1-17-13-24(35(30,31)27-16-19-7-10-21(33-3)14-23(19)34-4)25(26-15-17)28-22(11-12-29)18-5-8-20(32-2)9-6-18/h5-10,13-15,22,27,29H,11-12,16H2,1-4H3,(H,26,28). The van der Waals surface area contributed by atoms with Crippen molar-refractivity contribution in [1.29, 1.82) is 0 Å². The molecule has 1 atom stereocenters. The zero-order chi connectivity index (χ0) is 25.4. The van der Waals surface area contributed by atoms with Crippen molar-refractivity contribution >= 4 is 15.8 Å². The maximum absolute atomic E-state index is 13.3. The van der Waals surface area contributed by atoms with Crippen molar-refractivity contribution in [2.24, 2.45) is 0 Å². The summed E-state index contributed by atoms with van der Waals surface area (Å²) in [4.78, 5) is 4.37. The van der Waals surface area contributed by atoms with Crippen molar-refractivity contribution in [3.63, 3.8) is 0 Å². The molecule has 0 aliphatic carbocycles. The van der Waals surface area contributed by atoms with Gasteiger partial charge in [-0.05, 0) is 48.7 Å². The second-order valence-corrected chi connectivity index (χ2v) is 9.58. The van der Waals surface area contributed by atoms with Crippen molar-refractivity contribution < 1.29 is 27.7 Å². The number of aliphatic hydroxyl groups excluding tert-OH is 1. The Labute approximate surface area is 206 Å². The van der Waals surface area contributed by atoms with Crippen molar-refractivity contribution in [2.45, 2.75) is 30.8 Å². The summed E-state index contributed by atoms with van der Waals surface area (Å²) >= 11 is 0. The fourth-order valence-corrected chi connectivity index (χ4v) is 4.76. The lowest BCUT2D eigenvalue weighted by Crippen LogP contribution is -2.26. The van der Waals surface area contributed by atoms with Crippen LogP contribution in [0.15, 0.2) is 59.6 Å². The number of hydrogen-bond donors (Lipinski definition) is 3. The van der Waals surface area contributed by atoms with Crippen LogP contribution in [0.4, 0.5) is 5.82 Å². The Morgan fingerprint density at radius 3 is 2.29 bits per heavy atom. The average molecular weight is 502 g/mol. The summed E-state index contributed by atoms with van der Waals surface area (Å²) in [5.74, 6) is 2.01. The Balaban J connectivity index is 1.88.